The maximum absolute atomic E-state index is 12.0. The highest BCUT2D eigenvalue weighted by Gasteiger charge is 2.23. The van der Waals surface area contributed by atoms with Gasteiger partial charge in [-0.05, 0) is 30.2 Å². The van der Waals surface area contributed by atoms with Gasteiger partial charge in [0.25, 0.3) is 0 Å². The van der Waals surface area contributed by atoms with Gasteiger partial charge in [0, 0.05) is 10.2 Å². The first-order valence-corrected chi connectivity index (χ1v) is 6.32. The van der Waals surface area contributed by atoms with E-state index in [0.29, 0.717) is 5.69 Å². The van der Waals surface area contributed by atoms with Crippen LogP contribution in [0.25, 0.3) is 0 Å². The third-order valence-electron chi connectivity index (χ3n) is 2.36. The van der Waals surface area contributed by atoms with Gasteiger partial charge in [-0.1, -0.05) is 29.8 Å². The number of hydrogen-bond acceptors (Lipinski definition) is 2. The minimum atomic E-state index is -0.709. The van der Waals surface area contributed by atoms with E-state index in [0.717, 1.165) is 4.47 Å². The van der Waals surface area contributed by atoms with Gasteiger partial charge < -0.3 is 16.4 Å². The van der Waals surface area contributed by atoms with Crippen LogP contribution in [-0.2, 0) is 4.79 Å². The SMILES string of the molecule is CC(C)[C@@H](NC(N)=O)C(=O)Nc1ccc(Br)cc1. The van der Waals surface area contributed by atoms with Crippen LogP contribution < -0.4 is 16.4 Å². The Morgan fingerprint density at radius 2 is 1.78 bits per heavy atom. The Labute approximate surface area is 114 Å². The molecule has 98 valence electrons. The van der Waals surface area contributed by atoms with Crippen molar-refractivity contribution in [1.29, 1.82) is 0 Å². The largest absolute Gasteiger partial charge is 0.352 e. The number of amides is 3. The number of hydrogen-bond donors (Lipinski definition) is 3. The highest BCUT2D eigenvalue weighted by atomic mass is 79.9. The molecule has 1 aromatic rings. The van der Waals surface area contributed by atoms with Crippen LogP contribution in [0.15, 0.2) is 28.7 Å². The van der Waals surface area contributed by atoms with Crippen LogP contribution in [0.5, 0.6) is 0 Å². The number of nitrogens with one attached hydrogen (secondary N) is 2. The second-order valence-corrected chi connectivity index (χ2v) is 5.14. The summed E-state index contributed by atoms with van der Waals surface area (Å²) in [5.41, 5.74) is 5.71. The third-order valence-corrected chi connectivity index (χ3v) is 2.89. The summed E-state index contributed by atoms with van der Waals surface area (Å²) in [6.45, 7) is 3.67. The van der Waals surface area contributed by atoms with Crippen LogP contribution in [0.2, 0.25) is 0 Å². The van der Waals surface area contributed by atoms with Crippen LogP contribution in [0.3, 0.4) is 0 Å². The molecular formula is C12H16BrN3O2. The van der Waals surface area contributed by atoms with Gasteiger partial charge in [0.1, 0.15) is 6.04 Å². The average Bonchev–Trinajstić information content (AvgIpc) is 2.28. The molecule has 6 heteroatoms. The zero-order chi connectivity index (χ0) is 13.7. The Bertz CT molecular complexity index is 431. The van der Waals surface area contributed by atoms with E-state index in [1.807, 2.05) is 26.0 Å². The van der Waals surface area contributed by atoms with Crippen molar-refractivity contribution in [3.8, 4) is 0 Å². The number of primary amides is 1. The fraction of sp³-hybridized carbons (Fsp3) is 0.333. The summed E-state index contributed by atoms with van der Waals surface area (Å²) in [7, 11) is 0. The first-order chi connectivity index (χ1) is 8.40. The summed E-state index contributed by atoms with van der Waals surface area (Å²) < 4.78 is 0.927. The van der Waals surface area contributed by atoms with Crippen LogP contribution in [0.1, 0.15) is 13.8 Å². The second-order valence-electron chi connectivity index (χ2n) is 4.23. The molecule has 0 heterocycles. The van der Waals surface area contributed by atoms with E-state index < -0.39 is 12.1 Å². The fourth-order valence-corrected chi connectivity index (χ4v) is 1.71. The number of carbonyl (C=O) groups excluding carboxylic acids is 2. The van der Waals surface area contributed by atoms with E-state index in [4.69, 9.17) is 5.73 Å². The van der Waals surface area contributed by atoms with Crippen molar-refractivity contribution in [2.75, 3.05) is 5.32 Å². The first kappa shape index (κ1) is 14.5. The Morgan fingerprint density at radius 1 is 1.22 bits per heavy atom. The van der Waals surface area contributed by atoms with Crippen molar-refractivity contribution < 1.29 is 9.59 Å². The molecule has 1 aromatic carbocycles. The molecule has 3 amide bonds. The van der Waals surface area contributed by atoms with Crippen LogP contribution in [-0.4, -0.2) is 18.0 Å². The van der Waals surface area contributed by atoms with Crippen LogP contribution >= 0.6 is 15.9 Å². The Morgan fingerprint density at radius 3 is 2.22 bits per heavy atom. The van der Waals surface area contributed by atoms with E-state index in [-0.39, 0.29) is 11.8 Å². The zero-order valence-corrected chi connectivity index (χ0v) is 11.8. The lowest BCUT2D eigenvalue weighted by Crippen LogP contribution is -2.49. The summed E-state index contributed by atoms with van der Waals surface area (Å²) >= 11 is 3.31. The molecule has 0 aliphatic rings. The van der Waals surface area contributed by atoms with Crippen LogP contribution in [0, 0.1) is 5.92 Å². The molecule has 4 N–H and O–H groups in total. The lowest BCUT2D eigenvalue weighted by molar-refractivity contribution is -0.118. The predicted molar refractivity (Wildman–Crippen MR) is 74.1 cm³/mol. The maximum Gasteiger partial charge on any atom is 0.312 e. The number of halogens is 1. The van der Waals surface area contributed by atoms with Gasteiger partial charge in [-0.25, -0.2) is 4.79 Å². The monoisotopic (exact) mass is 313 g/mol. The molecular weight excluding hydrogens is 298 g/mol. The molecule has 1 atom stereocenters. The molecule has 0 fully saturated rings. The molecule has 0 aliphatic heterocycles. The molecule has 0 spiro atoms. The second kappa shape index (κ2) is 6.39. The Kier molecular flexibility index (Phi) is 5.15. The lowest BCUT2D eigenvalue weighted by Gasteiger charge is -2.20. The minimum absolute atomic E-state index is 0.0482. The molecule has 0 unspecified atom stereocenters. The number of carbonyl (C=O) groups is 2. The first-order valence-electron chi connectivity index (χ1n) is 5.52. The quantitative estimate of drug-likeness (QED) is 0.795. The minimum Gasteiger partial charge on any atom is -0.352 e. The molecule has 1 rings (SSSR count). The normalized spacial score (nSPS) is 12.0. The Hall–Kier alpha value is -1.56. The van der Waals surface area contributed by atoms with Gasteiger partial charge in [0.2, 0.25) is 5.91 Å². The lowest BCUT2D eigenvalue weighted by atomic mass is 10.0. The van der Waals surface area contributed by atoms with Crippen molar-refractivity contribution in [1.82, 2.24) is 5.32 Å². The fourth-order valence-electron chi connectivity index (χ4n) is 1.44. The predicted octanol–water partition coefficient (Wildman–Crippen LogP) is 2.08. The van der Waals surface area contributed by atoms with Crippen LogP contribution in [0.4, 0.5) is 10.5 Å². The molecule has 0 aliphatic carbocycles. The zero-order valence-electron chi connectivity index (χ0n) is 10.2. The standard InChI is InChI=1S/C12H16BrN3O2/c1-7(2)10(16-12(14)18)11(17)15-9-5-3-8(13)4-6-9/h3-7,10H,1-2H3,(H,15,17)(H3,14,16,18)/t10-/m1/s1. The summed E-state index contributed by atoms with van der Waals surface area (Å²) in [5, 5.41) is 5.15. The number of benzene rings is 1. The van der Waals surface area contributed by atoms with Crippen molar-refractivity contribution in [3.63, 3.8) is 0 Å². The topological polar surface area (TPSA) is 84.2 Å². The summed E-state index contributed by atoms with van der Waals surface area (Å²) in [5.74, 6) is -0.334. The van der Waals surface area contributed by atoms with E-state index in [9.17, 15) is 9.59 Å². The van der Waals surface area contributed by atoms with Crippen molar-refractivity contribution in [2.45, 2.75) is 19.9 Å². The molecule has 5 nitrogen and oxygen atoms in total. The van der Waals surface area contributed by atoms with Crippen molar-refractivity contribution in [2.24, 2.45) is 11.7 Å². The van der Waals surface area contributed by atoms with E-state index in [1.54, 1.807) is 12.1 Å². The van der Waals surface area contributed by atoms with Gasteiger partial charge in [-0.15, -0.1) is 0 Å². The van der Waals surface area contributed by atoms with Crippen molar-refractivity contribution in [3.05, 3.63) is 28.7 Å². The highest BCUT2D eigenvalue weighted by Crippen LogP contribution is 2.15. The molecule has 0 saturated heterocycles. The molecule has 0 radical (unpaired) electrons. The van der Waals surface area contributed by atoms with E-state index in [1.165, 1.54) is 0 Å². The molecule has 0 aromatic heterocycles. The van der Waals surface area contributed by atoms with Crippen molar-refractivity contribution >= 4 is 33.6 Å². The summed E-state index contributed by atoms with van der Waals surface area (Å²) in [6, 6.07) is 5.82. The maximum atomic E-state index is 12.0. The smallest absolute Gasteiger partial charge is 0.312 e. The number of nitrogens with two attached hydrogens (primary N) is 1. The highest BCUT2D eigenvalue weighted by molar-refractivity contribution is 9.10. The Balaban J connectivity index is 2.72. The summed E-state index contributed by atoms with van der Waals surface area (Å²) in [6.07, 6.45) is 0. The van der Waals surface area contributed by atoms with Gasteiger partial charge in [0.05, 0.1) is 0 Å². The average molecular weight is 314 g/mol. The third kappa shape index (κ3) is 4.37. The number of urea groups is 1. The van der Waals surface area contributed by atoms with Gasteiger partial charge >= 0.3 is 6.03 Å². The van der Waals surface area contributed by atoms with E-state index in [2.05, 4.69) is 26.6 Å². The summed E-state index contributed by atoms with van der Waals surface area (Å²) in [4.78, 5) is 22.8. The molecule has 18 heavy (non-hydrogen) atoms. The van der Waals surface area contributed by atoms with E-state index >= 15 is 0 Å². The molecule has 0 saturated carbocycles. The van der Waals surface area contributed by atoms with Gasteiger partial charge in [-0.2, -0.15) is 0 Å². The number of anilines is 1. The number of rotatable bonds is 4. The van der Waals surface area contributed by atoms with Gasteiger partial charge in [0.15, 0.2) is 0 Å². The molecule has 0 bridgehead atoms. The van der Waals surface area contributed by atoms with Gasteiger partial charge in [-0.3, -0.25) is 4.79 Å².